The van der Waals surface area contributed by atoms with E-state index in [1.807, 2.05) is 24.3 Å². The van der Waals surface area contributed by atoms with Crippen LogP contribution in [0.3, 0.4) is 0 Å². The maximum absolute atomic E-state index is 12.0. The van der Waals surface area contributed by atoms with Crippen molar-refractivity contribution < 1.29 is 28.8 Å². The number of rotatable bonds is 9. The molecule has 0 aromatic heterocycles. The quantitative estimate of drug-likeness (QED) is 0.487. The molecule has 0 radical (unpaired) electrons. The van der Waals surface area contributed by atoms with Gasteiger partial charge in [0.05, 0.1) is 45.7 Å². The molecule has 31 heavy (non-hydrogen) atoms. The number of phenolic OH excluding ortho intramolecular Hbond substituents is 1. The molecule has 1 aliphatic rings. The molecule has 1 N–H and O–H groups in total. The van der Waals surface area contributed by atoms with Crippen molar-refractivity contribution in [3.05, 3.63) is 53.1 Å². The molecule has 0 aliphatic carbocycles. The molecule has 0 saturated carbocycles. The lowest BCUT2D eigenvalue weighted by Crippen LogP contribution is -2.35. The third-order valence-corrected chi connectivity index (χ3v) is 5.39. The molecule has 7 nitrogen and oxygen atoms in total. The van der Waals surface area contributed by atoms with Crippen molar-refractivity contribution in [2.45, 2.75) is 13.0 Å². The van der Waals surface area contributed by atoms with E-state index in [1.54, 1.807) is 26.4 Å². The molecule has 3 rings (SSSR count). The predicted octanol–water partition coefficient (Wildman–Crippen LogP) is 3.08. The number of ether oxygens (including phenoxy) is 4. The summed E-state index contributed by atoms with van der Waals surface area (Å²) < 4.78 is 21.6. The van der Waals surface area contributed by atoms with Gasteiger partial charge < -0.3 is 24.1 Å². The van der Waals surface area contributed by atoms with E-state index >= 15 is 0 Å². The zero-order valence-electron chi connectivity index (χ0n) is 18.2. The zero-order valence-corrected chi connectivity index (χ0v) is 18.2. The van der Waals surface area contributed by atoms with Gasteiger partial charge >= 0.3 is 0 Å². The van der Waals surface area contributed by atoms with Gasteiger partial charge in [-0.3, -0.25) is 9.69 Å². The van der Waals surface area contributed by atoms with Crippen LogP contribution in [0.2, 0.25) is 0 Å². The van der Waals surface area contributed by atoms with E-state index in [1.165, 1.54) is 7.11 Å². The second-order valence-electron chi connectivity index (χ2n) is 7.20. The smallest absolute Gasteiger partial charge is 0.150 e. The minimum atomic E-state index is -0.00391. The van der Waals surface area contributed by atoms with Crippen molar-refractivity contribution in [3.63, 3.8) is 0 Å². The summed E-state index contributed by atoms with van der Waals surface area (Å²) >= 11 is 0. The molecular weight excluding hydrogens is 398 g/mol. The van der Waals surface area contributed by atoms with Crippen molar-refractivity contribution in [2.24, 2.45) is 0 Å². The van der Waals surface area contributed by atoms with Gasteiger partial charge in [0.1, 0.15) is 23.0 Å². The number of nitrogens with zero attached hydrogens (tertiary/aromatic N) is 1. The second kappa shape index (κ2) is 10.8. The Morgan fingerprint density at radius 1 is 1.06 bits per heavy atom. The molecule has 0 unspecified atom stereocenters. The van der Waals surface area contributed by atoms with Crippen LogP contribution in [0.25, 0.3) is 5.57 Å². The van der Waals surface area contributed by atoms with Crippen molar-refractivity contribution in [1.82, 2.24) is 4.90 Å². The van der Waals surface area contributed by atoms with Gasteiger partial charge in [0.15, 0.2) is 6.29 Å². The number of methoxy groups -OCH3 is 3. The minimum absolute atomic E-state index is 0.00391. The summed E-state index contributed by atoms with van der Waals surface area (Å²) in [5, 5.41) is 11.2. The summed E-state index contributed by atoms with van der Waals surface area (Å²) in [6, 6.07) is 9.33. The van der Waals surface area contributed by atoms with Crippen molar-refractivity contribution >= 4 is 11.9 Å². The van der Waals surface area contributed by atoms with Crippen molar-refractivity contribution in [2.75, 3.05) is 47.6 Å². The Labute approximate surface area is 182 Å². The molecule has 166 valence electrons. The molecule has 2 aromatic carbocycles. The number of phenols is 1. The molecule has 1 aliphatic heterocycles. The molecule has 1 saturated heterocycles. The lowest BCUT2D eigenvalue weighted by Gasteiger charge is -2.28. The highest BCUT2D eigenvalue weighted by molar-refractivity contribution is 6.09. The van der Waals surface area contributed by atoms with Gasteiger partial charge in [-0.2, -0.15) is 0 Å². The monoisotopic (exact) mass is 427 g/mol. The van der Waals surface area contributed by atoms with E-state index < -0.39 is 0 Å². The van der Waals surface area contributed by atoms with Crippen molar-refractivity contribution in [3.8, 4) is 23.0 Å². The summed E-state index contributed by atoms with van der Waals surface area (Å²) in [5.74, 6) is 1.67. The van der Waals surface area contributed by atoms with Gasteiger partial charge in [-0.1, -0.05) is 18.2 Å². The zero-order chi connectivity index (χ0) is 22.2. The van der Waals surface area contributed by atoms with Crippen LogP contribution in [0.5, 0.6) is 23.0 Å². The largest absolute Gasteiger partial charge is 0.507 e. The number of carbonyl (C=O) groups is 1. The summed E-state index contributed by atoms with van der Waals surface area (Å²) in [6.45, 7) is 3.30. The number of morpholine rings is 1. The molecule has 0 spiro atoms. The van der Waals surface area contributed by atoms with Gasteiger partial charge in [-0.15, -0.1) is 0 Å². The van der Waals surface area contributed by atoms with Gasteiger partial charge in [-0.25, -0.2) is 0 Å². The first kappa shape index (κ1) is 22.7. The minimum Gasteiger partial charge on any atom is -0.507 e. The maximum Gasteiger partial charge on any atom is 0.150 e. The number of carbonyl (C=O) groups excluding carboxylic acids is 1. The lowest BCUT2D eigenvalue weighted by molar-refractivity contribution is -0.103. The summed E-state index contributed by atoms with van der Waals surface area (Å²) in [4.78, 5) is 14.2. The molecule has 1 fully saturated rings. The number of aldehydes is 1. The van der Waals surface area contributed by atoms with Crippen LogP contribution in [0.1, 0.15) is 16.7 Å². The van der Waals surface area contributed by atoms with Crippen LogP contribution in [0.15, 0.2) is 36.4 Å². The topological polar surface area (TPSA) is 77.5 Å². The average molecular weight is 427 g/mol. The number of hydrogen-bond donors (Lipinski definition) is 1. The lowest BCUT2D eigenvalue weighted by atomic mass is 9.97. The number of hydrogen-bond acceptors (Lipinski definition) is 7. The molecule has 0 bridgehead atoms. The van der Waals surface area contributed by atoms with Crippen LogP contribution in [-0.4, -0.2) is 63.9 Å². The highest BCUT2D eigenvalue weighted by Crippen LogP contribution is 2.42. The SMILES string of the molecule is COc1ccc(C/C=C(/C=O)c2c(OC)cc(OC)c(CN3CCOCC3)c2O)cc1. The van der Waals surface area contributed by atoms with Gasteiger partial charge in [-0.05, 0) is 24.1 Å². The molecule has 1 heterocycles. The maximum atomic E-state index is 12.0. The Bertz CT molecular complexity index is 917. The van der Waals surface area contributed by atoms with Crippen LogP contribution in [-0.2, 0) is 22.5 Å². The highest BCUT2D eigenvalue weighted by Gasteiger charge is 2.24. The van der Waals surface area contributed by atoms with E-state index in [0.717, 1.165) is 30.7 Å². The van der Waals surface area contributed by atoms with Crippen LogP contribution < -0.4 is 14.2 Å². The van der Waals surface area contributed by atoms with Gasteiger partial charge in [0.25, 0.3) is 0 Å². The van der Waals surface area contributed by atoms with Crippen molar-refractivity contribution in [1.29, 1.82) is 0 Å². The second-order valence-corrected chi connectivity index (χ2v) is 7.20. The normalized spacial score (nSPS) is 14.9. The molecule has 2 aromatic rings. The Kier molecular flexibility index (Phi) is 7.92. The molecule has 0 amide bonds. The number of allylic oxidation sites excluding steroid dienone is 2. The first-order valence-corrected chi connectivity index (χ1v) is 10.2. The third-order valence-electron chi connectivity index (χ3n) is 5.39. The molecular formula is C24H29NO6. The number of aromatic hydroxyl groups is 1. The fraction of sp³-hybridized carbons (Fsp3) is 0.375. The van der Waals surface area contributed by atoms with Crippen LogP contribution >= 0.6 is 0 Å². The fourth-order valence-corrected chi connectivity index (χ4v) is 3.62. The van der Waals surface area contributed by atoms with E-state index in [-0.39, 0.29) is 5.75 Å². The van der Waals surface area contributed by atoms with E-state index in [0.29, 0.717) is 54.4 Å². The Morgan fingerprint density at radius 3 is 2.32 bits per heavy atom. The average Bonchev–Trinajstić information content (AvgIpc) is 2.82. The fourth-order valence-electron chi connectivity index (χ4n) is 3.62. The summed E-state index contributed by atoms with van der Waals surface area (Å²) in [5.41, 5.74) is 2.36. The molecule has 0 atom stereocenters. The Balaban J connectivity index is 1.97. The number of benzene rings is 2. The van der Waals surface area contributed by atoms with Gasteiger partial charge in [0, 0.05) is 31.3 Å². The third kappa shape index (κ3) is 5.37. The van der Waals surface area contributed by atoms with E-state index in [9.17, 15) is 9.90 Å². The Morgan fingerprint density at radius 2 is 1.74 bits per heavy atom. The van der Waals surface area contributed by atoms with Crippen LogP contribution in [0.4, 0.5) is 0 Å². The predicted molar refractivity (Wildman–Crippen MR) is 118 cm³/mol. The molecule has 7 heteroatoms. The summed E-state index contributed by atoms with van der Waals surface area (Å²) in [6.07, 6.45) is 3.05. The van der Waals surface area contributed by atoms with Crippen LogP contribution in [0, 0.1) is 0 Å². The van der Waals surface area contributed by atoms with E-state index in [2.05, 4.69) is 4.90 Å². The first-order valence-electron chi connectivity index (χ1n) is 10.2. The summed E-state index contributed by atoms with van der Waals surface area (Å²) in [7, 11) is 4.68. The Hall–Kier alpha value is -3.03. The first-order chi connectivity index (χ1) is 15.1. The van der Waals surface area contributed by atoms with E-state index in [4.69, 9.17) is 18.9 Å². The highest BCUT2D eigenvalue weighted by atomic mass is 16.5. The standard InChI is InChI=1S/C24H29NO6/c1-28-19-8-5-17(6-9-19)4-7-18(16-26)23-22(30-3)14-21(29-2)20(24(23)27)15-25-10-12-31-13-11-25/h5-9,14,16,27H,4,10-13,15H2,1-3H3/b18-7-. The van der Waals surface area contributed by atoms with Gasteiger partial charge in [0.2, 0.25) is 0 Å².